The molecular weight excluding hydrogens is 288 g/mol. The van der Waals surface area contributed by atoms with Gasteiger partial charge in [-0.3, -0.25) is 0 Å². The van der Waals surface area contributed by atoms with Gasteiger partial charge in [-0.1, -0.05) is 36.4 Å². The highest BCUT2D eigenvalue weighted by atomic mass is 14.3. The molecule has 130 valence electrons. The van der Waals surface area contributed by atoms with Crippen LogP contribution in [0, 0.1) is 11.8 Å². The van der Waals surface area contributed by atoms with Crippen molar-refractivity contribution >= 4 is 0 Å². The molecular formula is C24H34. The van der Waals surface area contributed by atoms with Gasteiger partial charge in [-0.15, -0.1) is 13.2 Å². The second kappa shape index (κ2) is 8.70. The first kappa shape index (κ1) is 17.5. The second-order valence-electron chi connectivity index (χ2n) is 8.15. The Morgan fingerprint density at radius 2 is 0.958 bits per heavy atom. The van der Waals surface area contributed by atoms with Crippen molar-refractivity contribution in [3.8, 4) is 0 Å². The van der Waals surface area contributed by atoms with E-state index in [0.29, 0.717) is 0 Å². The van der Waals surface area contributed by atoms with Gasteiger partial charge in [0, 0.05) is 0 Å². The van der Waals surface area contributed by atoms with Crippen molar-refractivity contribution in [2.24, 2.45) is 11.8 Å². The average molecular weight is 323 g/mol. The quantitative estimate of drug-likeness (QED) is 0.479. The van der Waals surface area contributed by atoms with Gasteiger partial charge in [0.2, 0.25) is 0 Å². The first-order valence-corrected chi connectivity index (χ1v) is 10.1. The highest BCUT2D eigenvalue weighted by Crippen LogP contribution is 2.40. The van der Waals surface area contributed by atoms with E-state index in [1.54, 1.807) is 11.1 Å². The predicted molar refractivity (Wildman–Crippen MR) is 105 cm³/mol. The molecule has 0 spiro atoms. The monoisotopic (exact) mass is 322 g/mol. The smallest absolute Gasteiger partial charge is 0.0162 e. The lowest BCUT2D eigenvalue weighted by Crippen LogP contribution is -2.14. The summed E-state index contributed by atoms with van der Waals surface area (Å²) < 4.78 is 0. The van der Waals surface area contributed by atoms with Gasteiger partial charge in [-0.05, 0) is 99.0 Å². The summed E-state index contributed by atoms with van der Waals surface area (Å²) in [7, 11) is 0. The predicted octanol–water partition coefficient (Wildman–Crippen LogP) is 7.39. The highest BCUT2D eigenvalue weighted by molar-refractivity contribution is 5.28. The summed E-state index contributed by atoms with van der Waals surface area (Å²) in [6, 6.07) is 9.74. The fourth-order valence-electron chi connectivity index (χ4n) is 4.97. The van der Waals surface area contributed by atoms with E-state index < -0.39 is 0 Å². The number of benzene rings is 1. The van der Waals surface area contributed by atoms with E-state index >= 15 is 0 Å². The third kappa shape index (κ3) is 4.41. The van der Waals surface area contributed by atoms with Gasteiger partial charge in [0.25, 0.3) is 0 Å². The summed E-state index contributed by atoms with van der Waals surface area (Å²) in [5, 5.41) is 0. The number of rotatable bonds is 6. The second-order valence-corrected chi connectivity index (χ2v) is 8.15. The average Bonchev–Trinajstić information content (AvgIpc) is 2.64. The number of hydrogen-bond acceptors (Lipinski definition) is 0. The van der Waals surface area contributed by atoms with E-state index in [9.17, 15) is 0 Å². The summed E-state index contributed by atoms with van der Waals surface area (Å²) in [6.07, 6.45) is 17.6. The molecule has 0 N–H and O–H groups in total. The minimum absolute atomic E-state index is 0.795. The molecule has 0 heteroatoms. The maximum atomic E-state index is 3.90. The molecule has 2 saturated carbocycles. The van der Waals surface area contributed by atoms with Crippen molar-refractivity contribution in [1.82, 2.24) is 0 Å². The van der Waals surface area contributed by atoms with E-state index in [1.807, 2.05) is 0 Å². The third-order valence-electron chi connectivity index (χ3n) is 6.57. The van der Waals surface area contributed by atoms with Crippen LogP contribution in [0.25, 0.3) is 0 Å². The van der Waals surface area contributed by atoms with Gasteiger partial charge < -0.3 is 0 Å². The minimum atomic E-state index is 0.795. The van der Waals surface area contributed by atoms with Crippen LogP contribution >= 0.6 is 0 Å². The minimum Gasteiger partial charge on any atom is -0.103 e. The number of hydrogen-bond donors (Lipinski definition) is 0. The van der Waals surface area contributed by atoms with Crippen LogP contribution in [-0.2, 0) is 0 Å². The van der Waals surface area contributed by atoms with Crippen LogP contribution in [0.5, 0.6) is 0 Å². The Kier molecular flexibility index (Phi) is 6.35. The molecule has 1 aromatic carbocycles. The summed E-state index contributed by atoms with van der Waals surface area (Å²) in [4.78, 5) is 0. The maximum Gasteiger partial charge on any atom is -0.0162 e. The molecule has 0 saturated heterocycles. The zero-order valence-corrected chi connectivity index (χ0v) is 15.3. The Morgan fingerprint density at radius 1 is 0.625 bits per heavy atom. The maximum absolute atomic E-state index is 3.90. The van der Waals surface area contributed by atoms with E-state index in [4.69, 9.17) is 0 Å². The molecule has 0 atom stereocenters. The molecule has 0 heterocycles. The molecule has 24 heavy (non-hydrogen) atoms. The zero-order valence-electron chi connectivity index (χ0n) is 15.3. The van der Waals surface area contributed by atoms with E-state index in [1.165, 1.54) is 64.2 Å². The van der Waals surface area contributed by atoms with Crippen molar-refractivity contribution in [1.29, 1.82) is 0 Å². The first-order valence-electron chi connectivity index (χ1n) is 10.1. The zero-order chi connectivity index (χ0) is 16.8. The van der Waals surface area contributed by atoms with Crippen LogP contribution in [0.2, 0.25) is 0 Å². The molecule has 0 radical (unpaired) electrons. The molecule has 0 nitrogen and oxygen atoms in total. The lowest BCUT2D eigenvalue weighted by molar-refractivity contribution is 0.326. The van der Waals surface area contributed by atoms with Crippen molar-refractivity contribution in [3.63, 3.8) is 0 Å². The van der Waals surface area contributed by atoms with Crippen LogP contribution in [0.3, 0.4) is 0 Å². The molecule has 0 aliphatic heterocycles. The fourth-order valence-corrected chi connectivity index (χ4v) is 4.97. The van der Waals surface area contributed by atoms with E-state index in [-0.39, 0.29) is 0 Å². The lowest BCUT2D eigenvalue weighted by atomic mass is 9.75. The first-order chi connectivity index (χ1) is 11.8. The topological polar surface area (TPSA) is 0 Å². The molecule has 3 rings (SSSR count). The van der Waals surface area contributed by atoms with E-state index in [2.05, 4.69) is 49.6 Å². The Balaban J connectivity index is 1.53. The largest absolute Gasteiger partial charge is 0.103 e. The van der Waals surface area contributed by atoms with Crippen molar-refractivity contribution < 1.29 is 0 Å². The Bertz CT molecular complexity index is 458. The molecule has 0 unspecified atom stereocenters. The van der Waals surface area contributed by atoms with Crippen molar-refractivity contribution in [3.05, 3.63) is 60.7 Å². The van der Waals surface area contributed by atoms with E-state index in [0.717, 1.165) is 23.7 Å². The Morgan fingerprint density at radius 3 is 1.25 bits per heavy atom. The summed E-state index contributed by atoms with van der Waals surface area (Å²) in [5.74, 6) is 3.37. The fraction of sp³-hybridized carbons (Fsp3) is 0.583. The third-order valence-corrected chi connectivity index (χ3v) is 6.57. The van der Waals surface area contributed by atoms with Gasteiger partial charge in [0.1, 0.15) is 0 Å². The number of allylic oxidation sites excluding steroid dienone is 2. The summed E-state index contributed by atoms with van der Waals surface area (Å²) in [6.45, 7) is 7.79. The standard InChI is InChI=1S/C24H34/c1-3-5-19-7-11-21(12-8-19)23-15-17-24(18-16-23)22-13-9-20(6-4-2)10-14-22/h3-4,15-22H,1-2,5-14H2/t19-,20-,21-,22-. The normalized spacial score (nSPS) is 30.7. The Hall–Kier alpha value is -1.30. The van der Waals surface area contributed by atoms with Gasteiger partial charge in [-0.2, -0.15) is 0 Å². The summed E-state index contributed by atoms with van der Waals surface area (Å²) in [5.41, 5.74) is 3.16. The van der Waals surface area contributed by atoms with Crippen LogP contribution in [-0.4, -0.2) is 0 Å². The lowest BCUT2D eigenvalue weighted by Gasteiger charge is -2.30. The van der Waals surface area contributed by atoms with Gasteiger partial charge in [0.05, 0.1) is 0 Å². The Labute approximate surface area is 149 Å². The highest BCUT2D eigenvalue weighted by Gasteiger charge is 2.23. The summed E-state index contributed by atoms with van der Waals surface area (Å²) >= 11 is 0. The van der Waals surface area contributed by atoms with Gasteiger partial charge >= 0.3 is 0 Å². The van der Waals surface area contributed by atoms with Crippen molar-refractivity contribution in [2.45, 2.75) is 76.0 Å². The van der Waals surface area contributed by atoms with Gasteiger partial charge in [0.15, 0.2) is 0 Å². The van der Waals surface area contributed by atoms with Crippen LogP contribution < -0.4 is 0 Å². The van der Waals surface area contributed by atoms with Crippen LogP contribution in [0.15, 0.2) is 49.6 Å². The van der Waals surface area contributed by atoms with Gasteiger partial charge in [-0.25, -0.2) is 0 Å². The molecule has 1 aromatic rings. The molecule has 0 bridgehead atoms. The van der Waals surface area contributed by atoms with Crippen molar-refractivity contribution in [2.75, 3.05) is 0 Å². The molecule has 0 amide bonds. The van der Waals surface area contributed by atoms with Crippen LogP contribution in [0.1, 0.15) is 87.2 Å². The molecule has 2 aliphatic rings. The molecule has 2 fully saturated rings. The molecule has 2 aliphatic carbocycles. The SMILES string of the molecule is C=CC[C@H]1CC[C@H](c2ccc([C@H]3CC[C@H](CC=C)CC3)cc2)CC1. The molecule has 0 aromatic heterocycles. The van der Waals surface area contributed by atoms with Crippen LogP contribution in [0.4, 0.5) is 0 Å².